The summed E-state index contributed by atoms with van der Waals surface area (Å²) < 4.78 is 5.16. The number of hydrogen-bond donors (Lipinski definition) is 1. The first kappa shape index (κ1) is 14.0. The Balaban J connectivity index is 2.31. The van der Waals surface area contributed by atoms with E-state index in [4.69, 9.17) is 4.74 Å². The number of carbonyl (C=O) groups excluding carboxylic acids is 2. The molecular weight excluding hydrogens is 220 g/mol. The molecule has 1 aliphatic heterocycles. The van der Waals surface area contributed by atoms with Gasteiger partial charge in [-0.05, 0) is 40.5 Å². The molecule has 0 spiro atoms. The van der Waals surface area contributed by atoms with Crippen molar-refractivity contribution in [3.8, 4) is 0 Å². The second-order valence-corrected chi connectivity index (χ2v) is 5.49. The molecule has 1 saturated heterocycles. The average molecular weight is 242 g/mol. The topological polar surface area (TPSA) is 58.6 Å². The van der Waals surface area contributed by atoms with Crippen molar-refractivity contribution in [3.63, 3.8) is 0 Å². The van der Waals surface area contributed by atoms with Gasteiger partial charge in [-0.25, -0.2) is 9.80 Å². The number of ether oxygens (including phenoxy) is 1. The fraction of sp³-hybridized carbons (Fsp3) is 0.833. The first-order valence-corrected chi connectivity index (χ1v) is 6.03. The first-order chi connectivity index (χ1) is 7.78. The lowest BCUT2D eigenvalue weighted by atomic mass is 9.94. The molecule has 0 aromatic carbocycles. The Labute approximate surface area is 102 Å². The molecular formula is C12H22N2O3. The average Bonchev–Trinajstić information content (AvgIpc) is 2.15. The largest absolute Gasteiger partial charge is 0.443 e. The number of rotatable bonds is 2. The SMILES string of the molecule is CC(=O)C1CCN(NC(=O)OC(C)(C)C)CC1. The summed E-state index contributed by atoms with van der Waals surface area (Å²) in [6.45, 7) is 8.51. The second kappa shape index (κ2) is 5.49. The van der Waals surface area contributed by atoms with E-state index in [0.29, 0.717) is 13.1 Å². The summed E-state index contributed by atoms with van der Waals surface area (Å²) in [4.78, 5) is 22.7. The molecule has 1 aliphatic rings. The van der Waals surface area contributed by atoms with E-state index in [0.717, 1.165) is 12.8 Å². The lowest BCUT2D eigenvalue weighted by Crippen LogP contribution is -2.48. The van der Waals surface area contributed by atoms with Crippen LogP contribution in [0.25, 0.3) is 0 Å². The third-order valence-electron chi connectivity index (χ3n) is 2.72. The van der Waals surface area contributed by atoms with Gasteiger partial charge >= 0.3 is 6.09 Å². The number of Topliss-reactive ketones (excluding diaryl/α,β-unsaturated/α-hetero) is 1. The zero-order valence-electron chi connectivity index (χ0n) is 11.1. The molecule has 1 rings (SSSR count). The summed E-state index contributed by atoms with van der Waals surface area (Å²) in [7, 11) is 0. The predicted octanol–water partition coefficient (Wildman–Crippen LogP) is 1.73. The highest BCUT2D eigenvalue weighted by Gasteiger charge is 2.24. The van der Waals surface area contributed by atoms with Crippen molar-refractivity contribution in [2.24, 2.45) is 5.92 Å². The first-order valence-electron chi connectivity index (χ1n) is 6.03. The van der Waals surface area contributed by atoms with Gasteiger partial charge in [0, 0.05) is 19.0 Å². The van der Waals surface area contributed by atoms with Crippen LogP contribution in [0.2, 0.25) is 0 Å². The van der Waals surface area contributed by atoms with Crippen molar-refractivity contribution in [2.75, 3.05) is 13.1 Å². The number of ketones is 1. The molecule has 0 unspecified atom stereocenters. The predicted molar refractivity (Wildman–Crippen MR) is 64.3 cm³/mol. The van der Waals surface area contributed by atoms with Crippen molar-refractivity contribution in [3.05, 3.63) is 0 Å². The molecule has 5 heteroatoms. The monoisotopic (exact) mass is 242 g/mol. The maximum atomic E-state index is 11.5. The summed E-state index contributed by atoms with van der Waals surface area (Å²) in [6.07, 6.45) is 1.16. The Morgan fingerprint density at radius 3 is 2.18 bits per heavy atom. The van der Waals surface area contributed by atoms with Crippen LogP contribution in [-0.2, 0) is 9.53 Å². The lowest BCUT2D eigenvalue weighted by Gasteiger charge is -2.31. The molecule has 98 valence electrons. The minimum absolute atomic E-state index is 0.145. The van der Waals surface area contributed by atoms with Gasteiger partial charge in [-0.1, -0.05) is 0 Å². The molecule has 1 heterocycles. The van der Waals surface area contributed by atoms with Crippen LogP contribution in [0.4, 0.5) is 4.79 Å². The maximum absolute atomic E-state index is 11.5. The van der Waals surface area contributed by atoms with Gasteiger partial charge < -0.3 is 4.74 Å². The number of hydrogen-bond acceptors (Lipinski definition) is 4. The Bertz CT molecular complexity index is 289. The number of hydrazine groups is 1. The third kappa shape index (κ3) is 5.17. The molecule has 0 bridgehead atoms. The van der Waals surface area contributed by atoms with Crippen molar-refractivity contribution in [1.82, 2.24) is 10.4 Å². The van der Waals surface area contributed by atoms with E-state index >= 15 is 0 Å². The molecule has 0 atom stereocenters. The minimum atomic E-state index is -0.484. The molecule has 5 nitrogen and oxygen atoms in total. The molecule has 1 fully saturated rings. The third-order valence-corrected chi connectivity index (χ3v) is 2.72. The Hall–Kier alpha value is -1.10. The molecule has 0 aromatic rings. The van der Waals surface area contributed by atoms with Crippen molar-refractivity contribution < 1.29 is 14.3 Å². The van der Waals surface area contributed by atoms with Gasteiger partial charge in [0.25, 0.3) is 0 Å². The van der Waals surface area contributed by atoms with Crippen LogP contribution in [0.3, 0.4) is 0 Å². The maximum Gasteiger partial charge on any atom is 0.422 e. The molecule has 0 aromatic heterocycles. The number of piperidine rings is 1. The Kier molecular flexibility index (Phi) is 4.51. The van der Waals surface area contributed by atoms with Gasteiger partial charge in [0.05, 0.1) is 0 Å². The zero-order chi connectivity index (χ0) is 13.1. The van der Waals surface area contributed by atoms with E-state index in [2.05, 4.69) is 5.43 Å². The number of nitrogens with zero attached hydrogens (tertiary/aromatic N) is 1. The summed E-state index contributed by atoms with van der Waals surface area (Å²) >= 11 is 0. The summed E-state index contributed by atoms with van der Waals surface area (Å²) in [6, 6.07) is 0. The van der Waals surface area contributed by atoms with E-state index in [-0.39, 0.29) is 11.7 Å². The molecule has 0 aliphatic carbocycles. The summed E-state index contributed by atoms with van der Waals surface area (Å²) in [5.74, 6) is 0.383. The Morgan fingerprint density at radius 2 is 1.76 bits per heavy atom. The zero-order valence-corrected chi connectivity index (χ0v) is 11.1. The normalized spacial score (nSPS) is 18.8. The van der Waals surface area contributed by atoms with E-state index < -0.39 is 11.7 Å². The number of amides is 1. The van der Waals surface area contributed by atoms with E-state index in [1.54, 1.807) is 6.92 Å². The number of carbonyl (C=O) groups is 2. The highest BCUT2D eigenvalue weighted by molar-refractivity contribution is 5.78. The van der Waals surface area contributed by atoms with Crippen LogP contribution >= 0.6 is 0 Å². The standard InChI is InChI=1S/C12H22N2O3/c1-9(15)10-5-7-14(8-6-10)13-11(16)17-12(2,3)4/h10H,5-8H2,1-4H3,(H,13,16). The van der Waals surface area contributed by atoms with Crippen LogP contribution in [-0.4, -0.2) is 35.6 Å². The van der Waals surface area contributed by atoms with Gasteiger partial charge in [0.1, 0.15) is 11.4 Å². The number of nitrogens with one attached hydrogen (secondary N) is 1. The van der Waals surface area contributed by atoms with Crippen LogP contribution < -0.4 is 5.43 Å². The van der Waals surface area contributed by atoms with Gasteiger partial charge in [-0.3, -0.25) is 10.2 Å². The quantitative estimate of drug-likeness (QED) is 0.801. The molecule has 0 saturated carbocycles. The van der Waals surface area contributed by atoms with Gasteiger partial charge in [-0.15, -0.1) is 0 Å². The van der Waals surface area contributed by atoms with Gasteiger partial charge in [0.15, 0.2) is 0 Å². The molecule has 1 N–H and O–H groups in total. The van der Waals surface area contributed by atoms with E-state index in [1.165, 1.54) is 0 Å². The minimum Gasteiger partial charge on any atom is -0.443 e. The van der Waals surface area contributed by atoms with Crippen LogP contribution in [0.1, 0.15) is 40.5 Å². The molecule has 0 radical (unpaired) electrons. The molecule has 1 amide bonds. The summed E-state index contributed by atoms with van der Waals surface area (Å²) in [5, 5.41) is 1.81. The van der Waals surface area contributed by atoms with E-state index in [1.807, 2.05) is 25.8 Å². The fourth-order valence-electron chi connectivity index (χ4n) is 1.83. The second-order valence-electron chi connectivity index (χ2n) is 5.49. The smallest absolute Gasteiger partial charge is 0.422 e. The van der Waals surface area contributed by atoms with Crippen LogP contribution in [0.5, 0.6) is 0 Å². The molecule has 17 heavy (non-hydrogen) atoms. The van der Waals surface area contributed by atoms with Crippen molar-refractivity contribution in [2.45, 2.75) is 46.1 Å². The Morgan fingerprint density at radius 1 is 1.24 bits per heavy atom. The van der Waals surface area contributed by atoms with Gasteiger partial charge in [0.2, 0.25) is 0 Å². The van der Waals surface area contributed by atoms with E-state index in [9.17, 15) is 9.59 Å². The van der Waals surface area contributed by atoms with Crippen LogP contribution in [0, 0.1) is 5.92 Å². The van der Waals surface area contributed by atoms with Crippen molar-refractivity contribution in [1.29, 1.82) is 0 Å². The highest BCUT2D eigenvalue weighted by Crippen LogP contribution is 2.16. The van der Waals surface area contributed by atoms with Crippen LogP contribution in [0.15, 0.2) is 0 Å². The summed E-state index contributed by atoms with van der Waals surface area (Å²) in [5.41, 5.74) is 2.21. The lowest BCUT2D eigenvalue weighted by molar-refractivity contribution is -0.122. The fourth-order valence-corrected chi connectivity index (χ4v) is 1.83. The van der Waals surface area contributed by atoms with Crippen molar-refractivity contribution >= 4 is 11.9 Å². The van der Waals surface area contributed by atoms with Gasteiger partial charge in [-0.2, -0.15) is 0 Å². The highest BCUT2D eigenvalue weighted by atomic mass is 16.6.